The molecule has 0 saturated heterocycles. The molecule has 0 heterocycles. The molecule has 0 aliphatic heterocycles. The van der Waals surface area contributed by atoms with Crippen LogP contribution in [-0.2, 0) is 0 Å². The second-order valence-electron chi connectivity index (χ2n) is 2.19. The van der Waals surface area contributed by atoms with Gasteiger partial charge in [0.2, 0.25) is 0 Å². The van der Waals surface area contributed by atoms with Crippen molar-refractivity contribution in [1.29, 1.82) is 0 Å². The van der Waals surface area contributed by atoms with Gasteiger partial charge in [-0.15, -0.1) is 0 Å². The minimum atomic E-state index is -1.04. The van der Waals surface area contributed by atoms with Gasteiger partial charge in [0.15, 0.2) is 11.6 Å². The van der Waals surface area contributed by atoms with Gasteiger partial charge in [0.1, 0.15) is 6.33 Å². The maximum Gasteiger partial charge on any atom is 0.159 e. The first-order valence-corrected chi connectivity index (χ1v) is 3.16. The lowest BCUT2D eigenvalue weighted by Crippen LogP contribution is -1.96. The molecule has 4 heteroatoms. The first kappa shape index (κ1) is 8.64. The predicted octanol–water partition coefficient (Wildman–Crippen LogP) is 2.19. The fraction of sp³-hybridized carbons (Fsp3) is 0. The van der Waals surface area contributed by atoms with Crippen LogP contribution in [0.1, 0.15) is 5.56 Å². The monoisotopic (exact) mass is 173 g/mol. The highest BCUT2D eigenvalue weighted by atomic mass is 19.2. The second-order valence-corrected chi connectivity index (χ2v) is 2.19. The predicted molar refractivity (Wildman–Crippen MR) is 39.6 cm³/mol. The number of halogens is 3. The van der Waals surface area contributed by atoms with Gasteiger partial charge >= 0.3 is 0 Å². The van der Waals surface area contributed by atoms with Crippen molar-refractivity contribution in [2.45, 2.75) is 0 Å². The number of hydrogen-bond acceptors (Lipinski definition) is 1. The molecule has 12 heavy (non-hydrogen) atoms. The molecule has 0 atom stereocenters. The summed E-state index contributed by atoms with van der Waals surface area (Å²) >= 11 is 0. The molecule has 0 aliphatic rings. The Morgan fingerprint density at radius 2 is 1.92 bits per heavy atom. The second kappa shape index (κ2) is 3.30. The van der Waals surface area contributed by atoms with E-state index in [4.69, 9.17) is 5.73 Å². The molecule has 0 aliphatic carbocycles. The average Bonchev–Trinajstić information content (AvgIpc) is 2.08. The van der Waals surface area contributed by atoms with Crippen molar-refractivity contribution in [2.75, 3.05) is 0 Å². The Morgan fingerprint density at radius 1 is 1.25 bits per heavy atom. The summed E-state index contributed by atoms with van der Waals surface area (Å²) in [5.41, 5.74) is 5.00. The lowest BCUT2D eigenvalue weighted by Gasteiger charge is -1.99. The van der Waals surface area contributed by atoms with E-state index in [1.54, 1.807) is 0 Å². The molecular formula is C8H6F3N. The van der Waals surface area contributed by atoms with Crippen molar-refractivity contribution in [3.05, 3.63) is 41.7 Å². The zero-order valence-electron chi connectivity index (χ0n) is 6.02. The number of hydrogen-bond donors (Lipinski definition) is 1. The van der Waals surface area contributed by atoms with Gasteiger partial charge < -0.3 is 5.73 Å². The van der Waals surface area contributed by atoms with Crippen molar-refractivity contribution < 1.29 is 13.2 Å². The molecule has 0 aromatic heterocycles. The molecule has 0 fully saturated rings. The molecule has 64 valence electrons. The number of benzene rings is 1. The fourth-order valence-electron chi connectivity index (χ4n) is 0.739. The Balaban J connectivity index is 3.13. The Bertz CT molecular complexity index is 320. The quantitative estimate of drug-likeness (QED) is 0.692. The van der Waals surface area contributed by atoms with Crippen LogP contribution >= 0.6 is 0 Å². The van der Waals surface area contributed by atoms with Crippen molar-refractivity contribution in [3.63, 3.8) is 0 Å². The first-order valence-electron chi connectivity index (χ1n) is 3.16. The maximum atomic E-state index is 12.5. The SMILES string of the molecule is N/C(=C/F)c1ccc(F)c(F)c1. The van der Waals surface area contributed by atoms with E-state index in [-0.39, 0.29) is 17.6 Å². The lowest BCUT2D eigenvalue weighted by molar-refractivity contribution is 0.508. The summed E-state index contributed by atoms with van der Waals surface area (Å²) in [5, 5.41) is 0. The van der Waals surface area contributed by atoms with E-state index in [1.807, 2.05) is 0 Å². The van der Waals surface area contributed by atoms with E-state index >= 15 is 0 Å². The fourth-order valence-corrected chi connectivity index (χ4v) is 0.739. The standard InChI is InChI=1S/C8H6F3N/c9-4-8(12)5-1-2-6(10)7(11)3-5/h1-4H,12H2/b8-4+. The largest absolute Gasteiger partial charge is 0.396 e. The first-order chi connectivity index (χ1) is 5.65. The van der Waals surface area contributed by atoms with Crippen LogP contribution in [0.2, 0.25) is 0 Å². The van der Waals surface area contributed by atoms with Gasteiger partial charge in [-0.05, 0) is 18.2 Å². The van der Waals surface area contributed by atoms with Crippen molar-refractivity contribution in [3.8, 4) is 0 Å². The summed E-state index contributed by atoms with van der Waals surface area (Å²) in [7, 11) is 0. The third-order valence-corrected chi connectivity index (χ3v) is 1.37. The molecule has 1 nitrogen and oxygen atoms in total. The number of nitrogens with two attached hydrogens (primary N) is 1. The number of rotatable bonds is 1. The van der Waals surface area contributed by atoms with E-state index in [9.17, 15) is 13.2 Å². The summed E-state index contributed by atoms with van der Waals surface area (Å²) in [5.74, 6) is -2.03. The van der Waals surface area contributed by atoms with Crippen LogP contribution in [0.15, 0.2) is 24.5 Å². The van der Waals surface area contributed by atoms with Crippen molar-refractivity contribution in [1.82, 2.24) is 0 Å². The minimum Gasteiger partial charge on any atom is -0.396 e. The molecule has 0 amide bonds. The van der Waals surface area contributed by atoms with E-state index < -0.39 is 11.6 Å². The molecule has 2 N–H and O–H groups in total. The molecule has 0 saturated carbocycles. The zero-order chi connectivity index (χ0) is 9.14. The van der Waals surface area contributed by atoms with Crippen LogP contribution in [0.4, 0.5) is 13.2 Å². The van der Waals surface area contributed by atoms with E-state index in [0.29, 0.717) is 0 Å². The Kier molecular flexibility index (Phi) is 2.38. The van der Waals surface area contributed by atoms with Crippen LogP contribution in [0.25, 0.3) is 5.70 Å². The highest BCUT2D eigenvalue weighted by Gasteiger charge is 2.03. The highest BCUT2D eigenvalue weighted by Crippen LogP contribution is 2.13. The normalized spacial score (nSPS) is 11.8. The Hall–Kier alpha value is -1.45. The van der Waals surface area contributed by atoms with E-state index in [0.717, 1.165) is 12.1 Å². The topological polar surface area (TPSA) is 26.0 Å². The lowest BCUT2D eigenvalue weighted by atomic mass is 10.2. The summed E-state index contributed by atoms with van der Waals surface area (Å²) in [4.78, 5) is 0. The summed E-state index contributed by atoms with van der Waals surface area (Å²) < 4.78 is 36.6. The molecular weight excluding hydrogens is 167 g/mol. The van der Waals surface area contributed by atoms with Crippen LogP contribution in [0.5, 0.6) is 0 Å². The molecule has 1 aromatic carbocycles. The van der Waals surface area contributed by atoms with Gasteiger partial charge in [-0.25, -0.2) is 13.2 Å². The third-order valence-electron chi connectivity index (χ3n) is 1.37. The summed E-state index contributed by atoms with van der Waals surface area (Å²) in [6.45, 7) is 0. The van der Waals surface area contributed by atoms with Crippen molar-refractivity contribution in [2.24, 2.45) is 5.73 Å². The molecule has 0 spiro atoms. The third kappa shape index (κ3) is 1.58. The van der Waals surface area contributed by atoms with Crippen LogP contribution in [-0.4, -0.2) is 0 Å². The molecule has 0 radical (unpaired) electrons. The minimum absolute atomic E-state index is 0.122. The van der Waals surface area contributed by atoms with Gasteiger partial charge in [-0.3, -0.25) is 0 Å². The molecule has 1 aromatic rings. The zero-order valence-corrected chi connectivity index (χ0v) is 6.02. The van der Waals surface area contributed by atoms with Gasteiger partial charge in [0, 0.05) is 5.56 Å². The molecule has 1 rings (SSSR count). The highest BCUT2D eigenvalue weighted by molar-refractivity contribution is 5.61. The average molecular weight is 173 g/mol. The van der Waals surface area contributed by atoms with Crippen LogP contribution in [0.3, 0.4) is 0 Å². The van der Waals surface area contributed by atoms with E-state index in [2.05, 4.69) is 0 Å². The van der Waals surface area contributed by atoms with Gasteiger partial charge in [0.25, 0.3) is 0 Å². The van der Waals surface area contributed by atoms with Gasteiger partial charge in [0.05, 0.1) is 5.70 Å². The van der Waals surface area contributed by atoms with Gasteiger partial charge in [-0.2, -0.15) is 0 Å². The van der Waals surface area contributed by atoms with E-state index in [1.165, 1.54) is 6.07 Å². The molecule has 0 bridgehead atoms. The maximum absolute atomic E-state index is 12.5. The summed E-state index contributed by atoms with van der Waals surface area (Å²) in [6.07, 6.45) is 0.132. The smallest absolute Gasteiger partial charge is 0.159 e. The van der Waals surface area contributed by atoms with Crippen LogP contribution < -0.4 is 5.73 Å². The van der Waals surface area contributed by atoms with Crippen molar-refractivity contribution >= 4 is 5.70 Å². The molecule has 0 unspecified atom stereocenters. The Morgan fingerprint density at radius 3 is 2.42 bits per heavy atom. The van der Waals surface area contributed by atoms with Gasteiger partial charge in [-0.1, -0.05) is 0 Å². The Labute approximate surface area is 67.3 Å². The van der Waals surface area contributed by atoms with Crippen LogP contribution in [0, 0.1) is 11.6 Å². The summed E-state index contributed by atoms with van der Waals surface area (Å²) in [6, 6.07) is 2.92.